The summed E-state index contributed by atoms with van der Waals surface area (Å²) >= 11 is 0. The van der Waals surface area contributed by atoms with Gasteiger partial charge in [-0.15, -0.1) is 10.2 Å². The van der Waals surface area contributed by atoms with Crippen LogP contribution in [0.5, 0.6) is 5.75 Å². The van der Waals surface area contributed by atoms with Crippen LogP contribution >= 0.6 is 0 Å². The van der Waals surface area contributed by atoms with Gasteiger partial charge in [-0.25, -0.2) is 9.37 Å². The van der Waals surface area contributed by atoms with Gasteiger partial charge in [0.1, 0.15) is 29.3 Å². The molecule has 1 atom stereocenters. The molecule has 192 valence electrons. The maximum atomic E-state index is 15.0. The van der Waals surface area contributed by atoms with E-state index in [-0.39, 0.29) is 17.8 Å². The van der Waals surface area contributed by atoms with Gasteiger partial charge in [-0.3, -0.25) is 19.9 Å². The second kappa shape index (κ2) is 10.2. The molecular formula is C28H26FN7O2. The van der Waals surface area contributed by atoms with E-state index in [1.54, 1.807) is 47.4 Å². The SMILES string of the molecule is CCOc1ccc(-c2nnc(C3CC(NC(O)c4cccc5nccnc45)C3)n2-c2ccccc2F)nc1. The molecule has 0 amide bonds. The zero-order valence-electron chi connectivity index (χ0n) is 20.7. The number of halogens is 1. The highest BCUT2D eigenvalue weighted by atomic mass is 19.1. The maximum absolute atomic E-state index is 15.0. The Labute approximate surface area is 218 Å². The molecule has 0 bridgehead atoms. The number of aliphatic hydroxyl groups is 1. The van der Waals surface area contributed by atoms with Crippen molar-refractivity contribution in [1.82, 2.24) is 35.0 Å². The summed E-state index contributed by atoms with van der Waals surface area (Å²) in [6, 6.07) is 15.8. The molecule has 0 saturated heterocycles. The van der Waals surface area contributed by atoms with Gasteiger partial charge in [-0.2, -0.15) is 0 Å². The molecule has 5 aromatic rings. The van der Waals surface area contributed by atoms with Crippen LogP contribution in [0.4, 0.5) is 4.39 Å². The Bertz CT molecular complexity index is 1560. The fourth-order valence-electron chi connectivity index (χ4n) is 4.88. The minimum Gasteiger partial charge on any atom is -0.492 e. The molecule has 0 radical (unpaired) electrons. The molecule has 6 rings (SSSR count). The number of aromatic nitrogens is 6. The first kappa shape index (κ1) is 24.1. The number of nitrogens with zero attached hydrogens (tertiary/aromatic N) is 6. The lowest BCUT2D eigenvalue weighted by molar-refractivity contribution is 0.0976. The largest absolute Gasteiger partial charge is 0.492 e. The first-order valence-corrected chi connectivity index (χ1v) is 12.6. The number of aliphatic hydroxyl groups excluding tert-OH is 1. The van der Waals surface area contributed by atoms with Crippen molar-refractivity contribution < 1.29 is 14.2 Å². The summed E-state index contributed by atoms with van der Waals surface area (Å²) in [5.74, 6) is 1.41. The van der Waals surface area contributed by atoms with E-state index in [0.717, 1.165) is 5.52 Å². The number of hydrogen-bond donors (Lipinski definition) is 2. The zero-order valence-corrected chi connectivity index (χ0v) is 20.7. The maximum Gasteiger partial charge on any atom is 0.187 e. The Kier molecular flexibility index (Phi) is 6.48. The van der Waals surface area contributed by atoms with Crippen LogP contribution in [0.25, 0.3) is 28.2 Å². The summed E-state index contributed by atoms with van der Waals surface area (Å²) in [6.45, 7) is 2.45. The Morgan fingerprint density at radius 3 is 2.66 bits per heavy atom. The highest BCUT2D eigenvalue weighted by Crippen LogP contribution is 2.39. The van der Waals surface area contributed by atoms with Crippen LogP contribution < -0.4 is 10.1 Å². The van der Waals surface area contributed by atoms with E-state index in [1.807, 2.05) is 31.2 Å². The van der Waals surface area contributed by atoms with E-state index >= 15 is 0 Å². The van der Waals surface area contributed by atoms with E-state index in [2.05, 4.69) is 30.5 Å². The van der Waals surface area contributed by atoms with Crippen LogP contribution in [-0.4, -0.2) is 47.5 Å². The van der Waals surface area contributed by atoms with Crippen molar-refractivity contribution in [3.8, 4) is 23.0 Å². The predicted octanol–water partition coefficient (Wildman–Crippen LogP) is 4.34. The average molecular weight is 512 g/mol. The number of benzene rings is 2. The Morgan fingerprint density at radius 2 is 1.87 bits per heavy atom. The van der Waals surface area contributed by atoms with E-state index in [1.165, 1.54) is 6.07 Å². The first-order chi connectivity index (χ1) is 18.6. The van der Waals surface area contributed by atoms with Gasteiger partial charge in [0.15, 0.2) is 5.82 Å². The number of ether oxygens (including phenoxy) is 1. The molecule has 0 aliphatic heterocycles. The van der Waals surface area contributed by atoms with Crippen LogP contribution in [0.2, 0.25) is 0 Å². The molecule has 2 aromatic carbocycles. The minimum absolute atomic E-state index is 0.0237. The van der Waals surface area contributed by atoms with Crippen molar-refractivity contribution in [3.63, 3.8) is 0 Å². The Morgan fingerprint density at radius 1 is 1.03 bits per heavy atom. The Balaban J connectivity index is 1.25. The van der Waals surface area contributed by atoms with Gasteiger partial charge in [0.05, 0.1) is 29.5 Å². The second-order valence-corrected chi connectivity index (χ2v) is 9.19. The molecule has 9 nitrogen and oxygen atoms in total. The van der Waals surface area contributed by atoms with Gasteiger partial charge in [0.2, 0.25) is 0 Å². The van der Waals surface area contributed by atoms with E-state index < -0.39 is 6.23 Å². The molecule has 0 spiro atoms. The monoisotopic (exact) mass is 511 g/mol. The smallest absolute Gasteiger partial charge is 0.187 e. The molecule has 1 aliphatic rings. The van der Waals surface area contributed by atoms with Crippen molar-refractivity contribution in [2.24, 2.45) is 0 Å². The summed E-state index contributed by atoms with van der Waals surface area (Å²) < 4.78 is 22.2. The summed E-state index contributed by atoms with van der Waals surface area (Å²) in [4.78, 5) is 13.2. The third-order valence-corrected chi connectivity index (χ3v) is 6.78. The molecule has 38 heavy (non-hydrogen) atoms. The van der Waals surface area contributed by atoms with Gasteiger partial charge < -0.3 is 9.84 Å². The van der Waals surface area contributed by atoms with Crippen LogP contribution in [-0.2, 0) is 0 Å². The number of rotatable bonds is 8. The predicted molar refractivity (Wildman–Crippen MR) is 139 cm³/mol. The standard InChI is InChI=1S/C28H26FN7O2/c1-2-38-19-10-11-23(32-16-19)27-35-34-26(36(27)24-9-4-3-7-21(24)29)17-14-18(15-17)33-28(37)20-6-5-8-22-25(20)31-13-12-30-22/h3-13,16-18,28,33,37H,2,14-15H2,1H3. The molecule has 1 saturated carbocycles. The van der Waals surface area contributed by atoms with E-state index in [9.17, 15) is 9.50 Å². The molecule has 3 aromatic heterocycles. The minimum atomic E-state index is -0.894. The van der Waals surface area contributed by atoms with Gasteiger partial charge in [0.25, 0.3) is 0 Å². The first-order valence-electron chi connectivity index (χ1n) is 12.6. The summed E-state index contributed by atoms with van der Waals surface area (Å²) in [7, 11) is 0. The van der Waals surface area contributed by atoms with E-state index in [4.69, 9.17) is 4.74 Å². The Hall–Kier alpha value is -4.28. The van der Waals surface area contributed by atoms with Crippen LogP contribution in [0, 0.1) is 5.82 Å². The third-order valence-electron chi connectivity index (χ3n) is 6.78. The highest BCUT2D eigenvalue weighted by Gasteiger charge is 2.36. The highest BCUT2D eigenvalue weighted by molar-refractivity contribution is 5.77. The number of pyridine rings is 1. The topological polar surface area (TPSA) is 111 Å². The second-order valence-electron chi connectivity index (χ2n) is 9.19. The number of para-hydroxylation sites is 2. The number of hydrogen-bond acceptors (Lipinski definition) is 8. The molecule has 1 fully saturated rings. The summed E-state index contributed by atoms with van der Waals surface area (Å²) in [5, 5.41) is 23.1. The summed E-state index contributed by atoms with van der Waals surface area (Å²) in [6.07, 6.45) is 5.39. The van der Waals surface area contributed by atoms with Crippen molar-refractivity contribution in [2.45, 2.75) is 38.0 Å². The van der Waals surface area contributed by atoms with Crippen molar-refractivity contribution in [2.75, 3.05) is 6.61 Å². The molecule has 3 heterocycles. The van der Waals surface area contributed by atoms with Crippen molar-refractivity contribution in [3.05, 3.63) is 90.4 Å². The molecule has 1 unspecified atom stereocenters. The third kappa shape index (κ3) is 4.48. The quantitative estimate of drug-likeness (QED) is 0.296. The van der Waals surface area contributed by atoms with Crippen LogP contribution in [0.15, 0.2) is 73.2 Å². The zero-order chi connectivity index (χ0) is 26.1. The van der Waals surface area contributed by atoms with Crippen molar-refractivity contribution in [1.29, 1.82) is 0 Å². The van der Waals surface area contributed by atoms with E-state index in [0.29, 0.717) is 59.3 Å². The van der Waals surface area contributed by atoms with Crippen LogP contribution in [0.3, 0.4) is 0 Å². The normalized spacial score (nSPS) is 17.8. The molecule has 2 N–H and O–H groups in total. The van der Waals surface area contributed by atoms with Gasteiger partial charge in [0, 0.05) is 29.9 Å². The number of nitrogens with one attached hydrogen (secondary N) is 1. The van der Waals surface area contributed by atoms with Crippen molar-refractivity contribution >= 4 is 11.0 Å². The fourth-order valence-corrected chi connectivity index (χ4v) is 4.88. The van der Waals surface area contributed by atoms with Gasteiger partial charge in [-0.05, 0) is 50.1 Å². The number of fused-ring (bicyclic) bond motifs is 1. The van der Waals surface area contributed by atoms with Gasteiger partial charge in [-0.1, -0.05) is 24.3 Å². The molecule has 1 aliphatic carbocycles. The lowest BCUT2D eigenvalue weighted by atomic mass is 9.79. The molecular weight excluding hydrogens is 485 g/mol. The lowest BCUT2D eigenvalue weighted by Crippen LogP contribution is -2.42. The fraction of sp³-hybridized carbons (Fsp3) is 0.250. The van der Waals surface area contributed by atoms with Gasteiger partial charge >= 0.3 is 0 Å². The average Bonchev–Trinajstić information content (AvgIpc) is 3.35. The molecule has 10 heteroatoms. The summed E-state index contributed by atoms with van der Waals surface area (Å²) in [5.41, 5.74) is 3.00. The van der Waals surface area contributed by atoms with Crippen LogP contribution in [0.1, 0.15) is 43.3 Å². The lowest BCUT2D eigenvalue weighted by Gasteiger charge is -2.37.